The van der Waals surface area contributed by atoms with Gasteiger partial charge in [0.15, 0.2) is 0 Å². The molecule has 19 heavy (non-hydrogen) atoms. The maximum Gasteiger partial charge on any atom is 0.328 e. The fourth-order valence-corrected chi connectivity index (χ4v) is 1.65. The number of amides is 2. The van der Waals surface area contributed by atoms with E-state index in [2.05, 4.69) is 10.6 Å². The van der Waals surface area contributed by atoms with Crippen LogP contribution in [0.15, 0.2) is 12.2 Å². The van der Waals surface area contributed by atoms with Gasteiger partial charge in [-0.2, -0.15) is 17.0 Å². The van der Waals surface area contributed by atoms with E-state index in [1.54, 1.807) is 6.26 Å². The normalized spacial score (nSPS) is 11.6. The van der Waals surface area contributed by atoms with Crippen molar-refractivity contribution in [3.8, 4) is 6.07 Å². The molecule has 0 saturated heterocycles. The topological polar surface area (TPSA) is 119 Å². The zero-order valence-electron chi connectivity index (χ0n) is 10.4. The number of aliphatic carboxylic acids is 1. The van der Waals surface area contributed by atoms with Gasteiger partial charge in [-0.3, -0.25) is 9.59 Å². The van der Waals surface area contributed by atoms with E-state index in [4.69, 9.17) is 10.4 Å². The summed E-state index contributed by atoms with van der Waals surface area (Å²) in [5, 5.41) is 21.6. The molecule has 0 fully saturated rings. The Hall–Kier alpha value is -2.01. The van der Waals surface area contributed by atoms with Crippen LogP contribution in [0.25, 0.3) is 0 Å². The minimum absolute atomic E-state index is 0.185. The van der Waals surface area contributed by atoms with Crippen molar-refractivity contribution < 1.29 is 19.5 Å². The number of rotatable bonds is 8. The van der Waals surface area contributed by atoms with Crippen molar-refractivity contribution in [2.75, 3.05) is 18.6 Å². The van der Waals surface area contributed by atoms with E-state index in [0.717, 1.165) is 6.08 Å². The van der Waals surface area contributed by atoms with Crippen molar-refractivity contribution in [3.63, 3.8) is 0 Å². The average Bonchev–Trinajstić information content (AvgIpc) is 2.36. The van der Waals surface area contributed by atoms with E-state index in [9.17, 15) is 14.4 Å². The van der Waals surface area contributed by atoms with Crippen LogP contribution in [-0.2, 0) is 14.4 Å². The molecule has 0 saturated carbocycles. The molecule has 7 nitrogen and oxygen atoms in total. The number of carbonyl (C=O) groups excluding carboxylic acids is 2. The van der Waals surface area contributed by atoms with Crippen LogP contribution < -0.4 is 10.6 Å². The molecule has 3 N–H and O–H groups in total. The molecule has 0 rings (SSSR count). The third-order valence-electron chi connectivity index (χ3n) is 1.88. The highest BCUT2D eigenvalue weighted by atomic mass is 32.2. The number of carboxylic acid groups (broad SMARTS) is 1. The first-order valence-corrected chi connectivity index (χ1v) is 6.75. The van der Waals surface area contributed by atoms with E-state index in [-0.39, 0.29) is 13.0 Å². The Kier molecular flexibility index (Phi) is 8.91. The Morgan fingerprint density at radius 3 is 2.63 bits per heavy atom. The van der Waals surface area contributed by atoms with E-state index >= 15 is 0 Å². The van der Waals surface area contributed by atoms with Crippen LogP contribution in [-0.4, -0.2) is 47.5 Å². The minimum Gasteiger partial charge on any atom is -0.478 e. The second-order valence-electron chi connectivity index (χ2n) is 3.39. The van der Waals surface area contributed by atoms with Crippen LogP contribution in [0, 0.1) is 11.3 Å². The van der Waals surface area contributed by atoms with Gasteiger partial charge in [-0.05, 0) is 6.26 Å². The summed E-state index contributed by atoms with van der Waals surface area (Å²) >= 11 is 1.36. The highest BCUT2D eigenvalue weighted by Crippen LogP contribution is 1.98. The highest BCUT2D eigenvalue weighted by Gasteiger charge is 2.18. The van der Waals surface area contributed by atoms with Gasteiger partial charge in [0.1, 0.15) is 6.04 Å². The fraction of sp³-hybridized carbons (Fsp3) is 0.455. The van der Waals surface area contributed by atoms with Crippen molar-refractivity contribution >= 4 is 29.5 Å². The zero-order valence-corrected chi connectivity index (χ0v) is 11.2. The lowest BCUT2D eigenvalue weighted by Gasteiger charge is -2.16. The van der Waals surface area contributed by atoms with E-state index in [1.807, 2.05) is 6.07 Å². The average molecular weight is 285 g/mol. The quantitative estimate of drug-likeness (QED) is 0.409. The molecule has 1 atom stereocenters. The summed E-state index contributed by atoms with van der Waals surface area (Å²) in [7, 11) is 0. The van der Waals surface area contributed by atoms with Crippen molar-refractivity contribution in [3.05, 3.63) is 12.2 Å². The lowest BCUT2D eigenvalue weighted by atomic mass is 10.3. The maximum atomic E-state index is 11.7. The maximum absolute atomic E-state index is 11.7. The smallest absolute Gasteiger partial charge is 0.328 e. The summed E-state index contributed by atoms with van der Waals surface area (Å²) in [5.41, 5.74) is 0. The van der Waals surface area contributed by atoms with Gasteiger partial charge in [0, 0.05) is 24.4 Å². The lowest BCUT2D eigenvalue weighted by Crippen LogP contribution is -2.48. The molecule has 0 radical (unpaired) electrons. The van der Waals surface area contributed by atoms with Crippen LogP contribution in [0.3, 0.4) is 0 Å². The predicted molar refractivity (Wildman–Crippen MR) is 70.3 cm³/mol. The monoisotopic (exact) mass is 285 g/mol. The first kappa shape index (κ1) is 17.0. The predicted octanol–water partition coefficient (Wildman–Crippen LogP) is -0.495. The van der Waals surface area contributed by atoms with Crippen LogP contribution in [0.4, 0.5) is 0 Å². The Balaban J connectivity index is 4.39. The summed E-state index contributed by atoms with van der Waals surface area (Å²) in [6, 6.07) is 1.12. The van der Waals surface area contributed by atoms with Gasteiger partial charge in [-0.15, -0.1) is 0 Å². The largest absolute Gasteiger partial charge is 0.478 e. The molecule has 0 heterocycles. The molecular formula is C11H15N3O4S. The molecule has 0 aromatic carbocycles. The van der Waals surface area contributed by atoms with E-state index in [1.165, 1.54) is 11.8 Å². The number of thioether (sulfide) groups is 1. The molecule has 0 aromatic heterocycles. The number of carbonyl (C=O) groups is 3. The summed E-state index contributed by atoms with van der Waals surface area (Å²) < 4.78 is 0. The minimum atomic E-state index is -1.24. The van der Waals surface area contributed by atoms with Gasteiger partial charge >= 0.3 is 5.97 Å². The number of hydrogen-bond donors (Lipinski definition) is 3. The number of nitriles is 1. The van der Waals surface area contributed by atoms with Crippen LogP contribution in [0.5, 0.6) is 0 Å². The highest BCUT2D eigenvalue weighted by molar-refractivity contribution is 7.98. The van der Waals surface area contributed by atoms with Gasteiger partial charge in [0.2, 0.25) is 11.8 Å². The number of nitrogens with one attached hydrogen (secondary N) is 2. The van der Waals surface area contributed by atoms with Crippen LogP contribution in [0.1, 0.15) is 6.42 Å². The van der Waals surface area contributed by atoms with Crippen molar-refractivity contribution in [2.45, 2.75) is 12.5 Å². The number of carboxylic acids is 1. The number of hydrogen-bond acceptors (Lipinski definition) is 5. The van der Waals surface area contributed by atoms with Crippen molar-refractivity contribution in [1.29, 1.82) is 5.26 Å². The standard InChI is InChI=1S/C11H15N3O4S/c1-19-7-8(11(18)13-6-2-5-12)14-9(15)3-4-10(16)17/h3-4,8H,2,6-7H2,1H3,(H,13,18)(H,14,15)(H,16,17). The molecule has 2 amide bonds. The molecule has 0 aliphatic carbocycles. The lowest BCUT2D eigenvalue weighted by molar-refractivity contribution is -0.131. The fourth-order valence-electron chi connectivity index (χ4n) is 1.08. The first-order valence-electron chi connectivity index (χ1n) is 5.36. The van der Waals surface area contributed by atoms with Crippen molar-refractivity contribution in [2.24, 2.45) is 0 Å². The zero-order chi connectivity index (χ0) is 14.7. The SMILES string of the molecule is CSCC(NC(=O)C=CC(=O)O)C(=O)NCCC#N. The summed E-state index contributed by atoms with van der Waals surface area (Å²) in [4.78, 5) is 33.3. The van der Waals surface area contributed by atoms with E-state index in [0.29, 0.717) is 11.8 Å². The van der Waals surface area contributed by atoms with Gasteiger partial charge in [-0.1, -0.05) is 0 Å². The van der Waals surface area contributed by atoms with E-state index < -0.39 is 23.8 Å². The Bertz CT molecular complexity index is 403. The molecule has 0 aromatic rings. The Morgan fingerprint density at radius 1 is 1.42 bits per heavy atom. The van der Waals surface area contributed by atoms with Gasteiger partial charge in [0.25, 0.3) is 0 Å². The number of nitrogens with zero attached hydrogens (tertiary/aromatic N) is 1. The molecular weight excluding hydrogens is 270 g/mol. The third kappa shape index (κ3) is 8.68. The molecule has 104 valence electrons. The molecule has 1 unspecified atom stereocenters. The summed E-state index contributed by atoms with van der Waals surface area (Å²) in [6.07, 6.45) is 3.50. The van der Waals surface area contributed by atoms with Crippen LogP contribution in [0.2, 0.25) is 0 Å². The van der Waals surface area contributed by atoms with Crippen molar-refractivity contribution in [1.82, 2.24) is 10.6 Å². The van der Waals surface area contributed by atoms with Gasteiger partial charge < -0.3 is 15.7 Å². The molecule has 0 spiro atoms. The molecule has 0 aliphatic rings. The second-order valence-corrected chi connectivity index (χ2v) is 4.30. The van der Waals surface area contributed by atoms with Crippen LogP contribution >= 0.6 is 11.8 Å². The first-order chi connectivity index (χ1) is 9.01. The summed E-state index contributed by atoms with van der Waals surface area (Å²) in [6.45, 7) is 0.209. The molecule has 0 bridgehead atoms. The van der Waals surface area contributed by atoms with Gasteiger partial charge in [0.05, 0.1) is 12.5 Å². The molecule has 0 aliphatic heterocycles. The third-order valence-corrected chi connectivity index (χ3v) is 2.55. The molecule has 8 heteroatoms. The van der Waals surface area contributed by atoms with Gasteiger partial charge in [-0.25, -0.2) is 4.79 Å². The Labute approximate surface area is 115 Å². The second kappa shape index (κ2) is 9.96. The Morgan fingerprint density at radius 2 is 2.11 bits per heavy atom. The summed E-state index contributed by atoms with van der Waals surface area (Å²) in [5.74, 6) is -1.95.